The molecule has 0 spiro atoms. The Morgan fingerprint density at radius 3 is 2.08 bits per heavy atom. The first-order valence-corrected chi connectivity index (χ1v) is 4.73. The van der Waals surface area contributed by atoms with Gasteiger partial charge in [0.15, 0.2) is 0 Å². The number of nitrogens with two attached hydrogens (primary N) is 1. The van der Waals surface area contributed by atoms with E-state index in [2.05, 4.69) is 0 Å². The molecule has 0 aliphatic heterocycles. The summed E-state index contributed by atoms with van der Waals surface area (Å²) in [6.07, 6.45) is 0. The van der Waals surface area contributed by atoms with Crippen LogP contribution in [0.5, 0.6) is 0 Å². The lowest BCUT2D eigenvalue weighted by Crippen LogP contribution is -2.55. The fourth-order valence-corrected chi connectivity index (χ4v) is 1.54. The molecule has 0 saturated carbocycles. The van der Waals surface area contributed by atoms with Crippen LogP contribution >= 0.6 is 0 Å². The second-order valence-electron chi connectivity index (χ2n) is 4.60. The highest BCUT2D eigenvalue weighted by Gasteiger charge is 2.45. The molecule has 1 atom stereocenters. The third-order valence-electron chi connectivity index (χ3n) is 3.00. The number of hydrogen-bond acceptors (Lipinski definition) is 3. The molecule has 3 nitrogen and oxygen atoms in total. The maximum atomic E-state index is 10.4. The zero-order valence-corrected chi connectivity index (χ0v) is 9.42. The molecular weight excluding hydrogens is 166 g/mol. The van der Waals surface area contributed by atoms with E-state index in [1.807, 2.05) is 27.7 Å². The molecule has 0 amide bonds. The van der Waals surface area contributed by atoms with E-state index in [1.54, 1.807) is 7.11 Å². The summed E-state index contributed by atoms with van der Waals surface area (Å²) in [4.78, 5) is 0. The van der Waals surface area contributed by atoms with Gasteiger partial charge in [-0.2, -0.15) is 0 Å². The minimum Gasteiger partial charge on any atom is -0.387 e. The predicted molar refractivity (Wildman–Crippen MR) is 54.5 cm³/mol. The Hall–Kier alpha value is -0.120. The van der Waals surface area contributed by atoms with Crippen molar-refractivity contribution in [1.29, 1.82) is 0 Å². The van der Waals surface area contributed by atoms with Crippen LogP contribution in [-0.4, -0.2) is 31.0 Å². The monoisotopic (exact) mass is 189 g/mol. The zero-order valence-electron chi connectivity index (χ0n) is 9.42. The molecule has 1 unspecified atom stereocenters. The quantitative estimate of drug-likeness (QED) is 0.678. The van der Waals surface area contributed by atoms with Crippen molar-refractivity contribution in [2.75, 3.05) is 20.3 Å². The molecule has 0 radical (unpaired) electrons. The fraction of sp³-hybridized carbons (Fsp3) is 1.00. The first-order valence-electron chi connectivity index (χ1n) is 4.73. The molecule has 13 heavy (non-hydrogen) atoms. The Kier molecular flexibility index (Phi) is 4.36. The van der Waals surface area contributed by atoms with Crippen molar-refractivity contribution < 1.29 is 9.84 Å². The average Bonchev–Trinajstić information content (AvgIpc) is 2.04. The van der Waals surface area contributed by atoms with Crippen LogP contribution in [0.4, 0.5) is 0 Å². The molecule has 0 saturated heterocycles. The highest BCUT2D eigenvalue weighted by Crippen LogP contribution is 2.36. The van der Waals surface area contributed by atoms with Crippen molar-refractivity contribution >= 4 is 0 Å². The summed E-state index contributed by atoms with van der Waals surface area (Å²) in [7, 11) is 1.60. The molecule has 0 rings (SSSR count). The van der Waals surface area contributed by atoms with Crippen LogP contribution in [-0.2, 0) is 4.74 Å². The summed E-state index contributed by atoms with van der Waals surface area (Å²) in [5.41, 5.74) is 4.47. The first-order chi connectivity index (χ1) is 5.81. The van der Waals surface area contributed by atoms with Crippen LogP contribution in [0.2, 0.25) is 0 Å². The van der Waals surface area contributed by atoms with Crippen molar-refractivity contribution in [3.63, 3.8) is 0 Å². The topological polar surface area (TPSA) is 55.5 Å². The van der Waals surface area contributed by atoms with Gasteiger partial charge in [-0.3, -0.25) is 0 Å². The molecule has 0 aliphatic carbocycles. The normalized spacial score (nSPS) is 17.5. The van der Waals surface area contributed by atoms with E-state index in [0.29, 0.717) is 13.2 Å². The SMILES string of the molecule is COCC(O)(C(C)C)C(C)(C)CN. The van der Waals surface area contributed by atoms with Crippen LogP contribution in [0.25, 0.3) is 0 Å². The van der Waals surface area contributed by atoms with Gasteiger partial charge >= 0.3 is 0 Å². The zero-order chi connectivity index (χ0) is 10.7. The van der Waals surface area contributed by atoms with Crippen LogP contribution < -0.4 is 5.73 Å². The molecule has 0 heterocycles. The Morgan fingerprint density at radius 2 is 1.85 bits per heavy atom. The summed E-state index contributed by atoms with van der Waals surface area (Å²) < 4.78 is 5.05. The van der Waals surface area contributed by atoms with E-state index < -0.39 is 5.60 Å². The van der Waals surface area contributed by atoms with E-state index in [0.717, 1.165) is 0 Å². The van der Waals surface area contributed by atoms with E-state index >= 15 is 0 Å². The standard InChI is InChI=1S/C10H23NO2/c1-8(2)10(12,7-13-5)9(3,4)6-11/h8,12H,6-7,11H2,1-5H3. The molecule has 0 fully saturated rings. The van der Waals surface area contributed by atoms with Gasteiger partial charge in [-0.25, -0.2) is 0 Å². The summed E-state index contributed by atoms with van der Waals surface area (Å²) in [6, 6.07) is 0. The van der Waals surface area contributed by atoms with Crippen molar-refractivity contribution in [2.24, 2.45) is 17.1 Å². The van der Waals surface area contributed by atoms with Crippen molar-refractivity contribution in [3.8, 4) is 0 Å². The number of rotatable bonds is 5. The highest BCUT2D eigenvalue weighted by atomic mass is 16.5. The van der Waals surface area contributed by atoms with Gasteiger partial charge in [-0.05, 0) is 5.92 Å². The van der Waals surface area contributed by atoms with Crippen LogP contribution in [0.3, 0.4) is 0 Å². The highest BCUT2D eigenvalue weighted by molar-refractivity contribution is 4.96. The molecule has 0 aliphatic rings. The Labute approximate surface area is 81.3 Å². The van der Waals surface area contributed by atoms with Gasteiger partial charge in [0.05, 0.1) is 12.2 Å². The summed E-state index contributed by atoms with van der Waals surface area (Å²) in [5, 5.41) is 10.4. The molecule has 0 aromatic heterocycles. The minimum atomic E-state index is -0.851. The molecule has 0 aromatic rings. The second kappa shape index (κ2) is 4.40. The van der Waals surface area contributed by atoms with Crippen LogP contribution in [0.15, 0.2) is 0 Å². The van der Waals surface area contributed by atoms with E-state index in [1.165, 1.54) is 0 Å². The van der Waals surface area contributed by atoms with Gasteiger partial charge in [0, 0.05) is 19.1 Å². The van der Waals surface area contributed by atoms with Gasteiger partial charge < -0.3 is 15.6 Å². The molecule has 3 heteroatoms. The van der Waals surface area contributed by atoms with Crippen LogP contribution in [0, 0.1) is 11.3 Å². The third kappa shape index (κ3) is 2.42. The Morgan fingerprint density at radius 1 is 1.38 bits per heavy atom. The van der Waals surface area contributed by atoms with Gasteiger partial charge in [-0.15, -0.1) is 0 Å². The molecule has 3 N–H and O–H groups in total. The molecule has 0 aromatic carbocycles. The van der Waals surface area contributed by atoms with Gasteiger partial charge in [0.2, 0.25) is 0 Å². The number of hydrogen-bond donors (Lipinski definition) is 2. The number of methoxy groups -OCH3 is 1. The summed E-state index contributed by atoms with van der Waals surface area (Å²) >= 11 is 0. The van der Waals surface area contributed by atoms with Gasteiger partial charge in [-0.1, -0.05) is 27.7 Å². The van der Waals surface area contributed by atoms with Crippen molar-refractivity contribution in [2.45, 2.75) is 33.3 Å². The van der Waals surface area contributed by atoms with E-state index in [-0.39, 0.29) is 11.3 Å². The Balaban J connectivity index is 4.77. The summed E-state index contributed by atoms with van der Waals surface area (Å²) in [6.45, 7) is 8.67. The number of ether oxygens (including phenoxy) is 1. The Bertz CT molecular complexity index is 157. The second-order valence-corrected chi connectivity index (χ2v) is 4.60. The lowest BCUT2D eigenvalue weighted by molar-refractivity contribution is -0.138. The first kappa shape index (κ1) is 12.9. The minimum absolute atomic E-state index is 0.131. The number of aliphatic hydroxyl groups is 1. The lowest BCUT2D eigenvalue weighted by Gasteiger charge is -2.44. The maximum absolute atomic E-state index is 10.4. The van der Waals surface area contributed by atoms with E-state index in [4.69, 9.17) is 10.5 Å². The lowest BCUT2D eigenvalue weighted by atomic mass is 9.69. The third-order valence-corrected chi connectivity index (χ3v) is 3.00. The van der Waals surface area contributed by atoms with Crippen molar-refractivity contribution in [3.05, 3.63) is 0 Å². The largest absolute Gasteiger partial charge is 0.387 e. The molecule has 80 valence electrons. The smallest absolute Gasteiger partial charge is 0.0965 e. The van der Waals surface area contributed by atoms with Crippen molar-refractivity contribution in [1.82, 2.24) is 0 Å². The van der Waals surface area contributed by atoms with Crippen LogP contribution in [0.1, 0.15) is 27.7 Å². The summed E-state index contributed by atoms with van der Waals surface area (Å²) in [5.74, 6) is 0.131. The average molecular weight is 189 g/mol. The van der Waals surface area contributed by atoms with Gasteiger partial charge in [0.25, 0.3) is 0 Å². The molecular formula is C10H23NO2. The van der Waals surface area contributed by atoms with Gasteiger partial charge in [0.1, 0.15) is 0 Å². The van der Waals surface area contributed by atoms with E-state index in [9.17, 15) is 5.11 Å². The maximum Gasteiger partial charge on any atom is 0.0965 e. The predicted octanol–water partition coefficient (Wildman–Crippen LogP) is 1.00. The fourth-order valence-electron chi connectivity index (χ4n) is 1.54. The molecule has 0 bridgehead atoms.